The lowest BCUT2D eigenvalue weighted by Gasteiger charge is -2.21. The Morgan fingerprint density at radius 2 is 1.40 bits per heavy atom. The summed E-state index contributed by atoms with van der Waals surface area (Å²) in [5.41, 5.74) is 2.54. The minimum Gasteiger partial charge on any atom is -0.497 e. The van der Waals surface area contributed by atoms with Crippen molar-refractivity contribution in [2.75, 3.05) is 27.4 Å². The van der Waals surface area contributed by atoms with Gasteiger partial charge in [-0.05, 0) is 80.1 Å². The van der Waals surface area contributed by atoms with Crippen molar-refractivity contribution >= 4 is 11.9 Å². The zero-order valence-electron chi connectivity index (χ0n) is 23.0. The number of Topliss-reactive ketones (excluding diaryl/α,β-unsaturated/α-hetero) is 1. The number of ether oxygens (including phenoxy) is 4. The first-order chi connectivity index (χ1) is 19.3. The summed E-state index contributed by atoms with van der Waals surface area (Å²) in [6.07, 6.45) is -0.0331. The molecule has 0 saturated heterocycles. The van der Waals surface area contributed by atoms with Crippen LogP contribution in [0.25, 0.3) is 11.5 Å². The third kappa shape index (κ3) is 7.63. The van der Waals surface area contributed by atoms with Gasteiger partial charge in [0.2, 0.25) is 5.89 Å². The van der Waals surface area contributed by atoms with Crippen molar-refractivity contribution in [3.63, 3.8) is 0 Å². The van der Waals surface area contributed by atoms with Gasteiger partial charge in [-0.2, -0.15) is 0 Å². The molecule has 9 nitrogen and oxygen atoms in total. The molecule has 0 saturated carbocycles. The van der Waals surface area contributed by atoms with Crippen molar-refractivity contribution in [1.29, 1.82) is 0 Å². The van der Waals surface area contributed by atoms with Gasteiger partial charge in [0.25, 0.3) is 0 Å². The molecule has 4 aromatic rings. The summed E-state index contributed by atoms with van der Waals surface area (Å²) in [7, 11) is 3.18. The fourth-order valence-corrected chi connectivity index (χ4v) is 3.96. The van der Waals surface area contributed by atoms with Gasteiger partial charge in [-0.25, -0.2) is 9.78 Å². The third-order valence-corrected chi connectivity index (χ3v) is 6.07. The number of aryl methyl sites for hydroxylation is 1. The van der Waals surface area contributed by atoms with Crippen molar-refractivity contribution in [2.24, 2.45) is 0 Å². The lowest BCUT2D eigenvalue weighted by atomic mass is 10.2. The van der Waals surface area contributed by atoms with Crippen LogP contribution in [0.5, 0.6) is 23.0 Å². The predicted octanol–water partition coefficient (Wildman–Crippen LogP) is 5.88. The van der Waals surface area contributed by atoms with E-state index in [0.29, 0.717) is 36.2 Å². The van der Waals surface area contributed by atoms with Crippen LogP contribution in [0.4, 0.5) is 4.79 Å². The molecule has 1 amide bonds. The molecule has 0 atom stereocenters. The summed E-state index contributed by atoms with van der Waals surface area (Å²) in [6.45, 7) is 3.88. The highest BCUT2D eigenvalue weighted by Crippen LogP contribution is 2.25. The van der Waals surface area contributed by atoms with Gasteiger partial charge in [-0.3, -0.25) is 9.69 Å². The van der Waals surface area contributed by atoms with Crippen LogP contribution in [0, 0.1) is 6.92 Å². The van der Waals surface area contributed by atoms with Gasteiger partial charge >= 0.3 is 6.09 Å². The average Bonchev–Trinajstić information content (AvgIpc) is 3.34. The Balaban J connectivity index is 1.31. The van der Waals surface area contributed by atoms with Crippen molar-refractivity contribution < 1.29 is 33.0 Å². The average molecular weight is 545 g/mol. The van der Waals surface area contributed by atoms with Gasteiger partial charge in [0.15, 0.2) is 0 Å². The van der Waals surface area contributed by atoms with Crippen LogP contribution in [-0.2, 0) is 17.8 Å². The van der Waals surface area contributed by atoms with E-state index >= 15 is 0 Å². The van der Waals surface area contributed by atoms with E-state index in [9.17, 15) is 9.59 Å². The summed E-state index contributed by atoms with van der Waals surface area (Å²) in [6, 6.07) is 21.6. The smallest absolute Gasteiger partial charge is 0.415 e. The first-order valence-electron chi connectivity index (χ1n) is 12.8. The zero-order valence-corrected chi connectivity index (χ0v) is 23.0. The fraction of sp³-hybridized carbons (Fsp3) is 0.258. The van der Waals surface area contributed by atoms with Crippen LogP contribution in [-0.4, -0.2) is 49.1 Å². The van der Waals surface area contributed by atoms with Crippen molar-refractivity contribution in [3.05, 3.63) is 89.8 Å². The largest absolute Gasteiger partial charge is 0.497 e. The Hall–Kier alpha value is -4.79. The first kappa shape index (κ1) is 28.2. The summed E-state index contributed by atoms with van der Waals surface area (Å²) in [4.78, 5) is 30.6. The normalized spacial score (nSPS) is 10.6. The quantitative estimate of drug-likeness (QED) is 0.218. The molecule has 4 rings (SSSR count). The Bertz CT molecular complexity index is 1410. The second-order valence-corrected chi connectivity index (χ2v) is 9.09. The maximum Gasteiger partial charge on any atom is 0.415 e. The van der Waals surface area contributed by atoms with Gasteiger partial charge in [0.1, 0.15) is 34.5 Å². The Morgan fingerprint density at radius 3 is 2.00 bits per heavy atom. The molecule has 3 aromatic carbocycles. The molecule has 208 valence electrons. The van der Waals surface area contributed by atoms with E-state index in [1.54, 1.807) is 38.5 Å². The van der Waals surface area contributed by atoms with Crippen molar-refractivity contribution in [3.8, 4) is 34.5 Å². The predicted molar refractivity (Wildman–Crippen MR) is 149 cm³/mol. The molecule has 0 aliphatic heterocycles. The molecule has 0 aliphatic rings. The number of aromatic nitrogens is 1. The van der Waals surface area contributed by atoms with E-state index in [-0.39, 0.29) is 18.9 Å². The van der Waals surface area contributed by atoms with E-state index < -0.39 is 6.09 Å². The van der Waals surface area contributed by atoms with Crippen LogP contribution in [0.3, 0.4) is 0 Å². The number of carbonyl (C=O) groups excluding carboxylic acids is 2. The van der Waals surface area contributed by atoms with E-state index in [4.69, 9.17) is 23.4 Å². The fourth-order valence-electron chi connectivity index (χ4n) is 3.96. The van der Waals surface area contributed by atoms with Crippen molar-refractivity contribution in [1.82, 2.24) is 9.88 Å². The van der Waals surface area contributed by atoms with Gasteiger partial charge in [-0.15, -0.1) is 0 Å². The number of hydrogen-bond donors (Lipinski definition) is 0. The molecule has 0 bridgehead atoms. The second-order valence-electron chi connectivity index (χ2n) is 9.09. The second kappa shape index (κ2) is 13.3. The standard InChI is InChI=1S/C31H32N2O7/c1-21(34)19-33(31(35)40-28-15-13-26(37-4)14-16-28)20-23-5-9-27(10-6-23)38-18-17-29-22(2)39-30(32-29)24-7-11-25(36-3)12-8-24/h5-16H,17-20H2,1-4H3. The highest BCUT2D eigenvalue weighted by Gasteiger charge is 2.19. The molecule has 0 N–H and O–H groups in total. The number of nitrogens with zero attached hydrogens (tertiary/aromatic N) is 2. The lowest BCUT2D eigenvalue weighted by Crippen LogP contribution is -2.36. The molecule has 0 unspecified atom stereocenters. The minimum absolute atomic E-state index is 0.0667. The van der Waals surface area contributed by atoms with E-state index in [1.165, 1.54) is 11.8 Å². The highest BCUT2D eigenvalue weighted by atomic mass is 16.6. The van der Waals surface area contributed by atoms with Crippen LogP contribution in [0.2, 0.25) is 0 Å². The number of hydrogen-bond acceptors (Lipinski definition) is 8. The highest BCUT2D eigenvalue weighted by molar-refractivity contribution is 5.82. The maximum atomic E-state index is 12.8. The number of amides is 1. The molecule has 0 aliphatic carbocycles. The minimum atomic E-state index is -0.613. The monoisotopic (exact) mass is 544 g/mol. The van der Waals surface area contributed by atoms with Crippen LogP contribution in [0.15, 0.2) is 77.2 Å². The zero-order chi connectivity index (χ0) is 28.5. The Morgan fingerprint density at radius 1 is 0.825 bits per heavy atom. The summed E-state index contributed by atoms with van der Waals surface area (Å²) < 4.78 is 27.5. The van der Waals surface area contributed by atoms with Gasteiger partial charge in [0.05, 0.1) is 33.1 Å². The topological polar surface area (TPSA) is 100 Å². The Kier molecular flexibility index (Phi) is 9.40. The number of rotatable bonds is 12. The molecule has 1 heterocycles. The van der Waals surface area contributed by atoms with Crippen molar-refractivity contribution in [2.45, 2.75) is 26.8 Å². The molecular formula is C31H32N2O7. The number of ketones is 1. The molecule has 0 fully saturated rings. The van der Waals surface area contributed by atoms with Gasteiger partial charge in [-0.1, -0.05) is 12.1 Å². The van der Waals surface area contributed by atoms with E-state index in [1.807, 2.05) is 55.5 Å². The number of methoxy groups -OCH3 is 2. The summed E-state index contributed by atoms with van der Waals surface area (Å²) in [5, 5.41) is 0. The van der Waals surface area contributed by atoms with Crippen LogP contribution < -0.4 is 18.9 Å². The maximum absolute atomic E-state index is 12.8. The molecule has 9 heteroatoms. The van der Waals surface area contributed by atoms with Crippen LogP contribution >= 0.6 is 0 Å². The molecule has 0 radical (unpaired) electrons. The van der Waals surface area contributed by atoms with Gasteiger partial charge in [0, 0.05) is 18.5 Å². The Labute approximate surface area is 233 Å². The molecular weight excluding hydrogens is 512 g/mol. The molecule has 1 aromatic heterocycles. The number of oxazole rings is 1. The summed E-state index contributed by atoms with van der Waals surface area (Å²) >= 11 is 0. The van der Waals surface area contributed by atoms with E-state index in [0.717, 1.165) is 28.3 Å². The first-order valence-corrected chi connectivity index (χ1v) is 12.8. The lowest BCUT2D eigenvalue weighted by molar-refractivity contribution is -0.117. The number of benzene rings is 3. The van der Waals surface area contributed by atoms with Gasteiger partial charge < -0.3 is 23.4 Å². The molecule has 0 spiro atoms. The van der Waals surface area contributed by atoms with Crippen LogP contribution in [0.1, 0.15) is 23.9 Å². The molecule has 40 heavy (non-hydrogen) atoms. The SMILES string of the molecule is COc1ccc(OC(=O)N(CC(C)=O)Cc2ccc(OCCc3nc(-c4ccc(OC)cc4)oc3C)cc2)cc1. The summed E-state index contributed by atoms with van der Waals surface area (Å²) in [5.74, 6) is 3.62. The third-order valence-electron chi connectivity index (χ3n) is 6.07. The number of carbonyl (C=O) groups is 2. The van der Waals surface area contributed by atoms with E-state index in [2.05, 4.69) is 4.98 Å².